The summed E-state index contributed by atoms with van der Waals surface area (Å²) in [6, 6.07) is 2.96. The number of nitrogens with one attached hydrogen (secondary N) is 1. The third-order valence-corrected chi connectivity index (χ3v) is 5.88. The molecule has 2 heterocycles. The van der Waals surface area contributed by atoms with Crippen molar-refractivity contribution in [2.75, 3.05) is 13.1 Å². The van der Waals surface area contributed by atoms with Gasteiger partial charge in [0.2, 0.25) is 10.0 Å². The predicted octanol–water partition coefficient (Wildman–Crippen LogP) is 1.48. The van der Waals surface area contributed by atoms with E-state index in [4.69, 9.17) is 0 Å². The second-order valence-electron chi connectivity index (χ2n) is 5.36. The Balaban J connectivity index is 1.93. The van der Waals surface area contributed by atoms with Gasteiger partial charge >= 0.3 is 0 Å². The molecule has 20 heavy (non-hydrogen) atoms. The molecule has 0 amide bonds. The standard InChI is InChI=1S/C13H16F2N2O2S/c14-9-1-4-12(15)13(7-9)20(18,19)17-6-5-10-2-3-11(8-17)16-10/h1,4,7,10-11,16H,2-3,5-6,8H2. The summed E-state index contributed by atoms with van der Waals surface area (Å²) < 4.78 is 53.2. The third kappa shape index (κ3) is 2.45. The average molecular weight is 302 g/mol. The topological polar surface area (TPSA) is 49.4 Å². The molecule has 0 spiro atoms. The summed E-state index contributed by atoms with van der Waals surface area (Å²) in [6.45, 7) is 0.654. The lowest BCUT2D eigenvalue weighted by atomic mass is 10.1. The normalized spacial score (nSPS) is 27.5. The zero-order chi connectivity index (χ0) is 14.3. The summed E-state index contributed by atoms with van der Waals surface area (Å²) in [7, 11) is -3.98. The van der Waals surface area contributed by atoms with Crippen LogP contribution in [0.5, 0.6) is 0 Å². The van der Waals surface area contributed by atoms with E-state index in [1.54, 1.807) is 0 Å². The molecule has 110 valence electrons. The molecule has 3 rings (SSSR count). The molecule has 7 heteroatoms. The molecule has 2 aliphatic heterocycles. The zero-order valence-electron chi connectivity index (χ0n) is 10.9. The monoisotopic (exact) mass is 302 g/mol. The highest BCUT2D eigenvalue weighted by molar-refractivity contribution is 7.89. The molecular weight excluding hydrogens is 286 g/mol. The smallest absolute Gasteiger partial charge is 0.246 e. The molecule has 0 aromatic heterocycles. The number of sulfonamides is 1. The summed E-state index contributed by atoms with van der Waals surface area (Å²) >= 11 is 0. The van der Waals surface area contributed by atoms with Crippen molar-refractivity contribution in [3.8, 4) is 0 Å². The van der Waals surface area contributed by atoms with Crippen LogP contribution in [0.2, 0.25) is 0 Å². The SMILES string of the molecule is O=S(=O)(c1cc(F)ccc1F)N1CCC2CCC(C1)N2. The van der Waals surface area contributed by atoms with Crippen LogP contribution in [0.25, 0.3) is 0 Å². The van der Waals surface area contributed by atoms with Crippen molar-refractivity contribution in [2.24, 2.45) is 0 Å². The van der Waals surface area contributed by atoms with Gasteiger partial charge in [-0.1, -0.05) is 0 Å². The molecule has 2 aliphatic rings. The van der Waals surface area contributed by atoms with Crippen LogP contribution in [0.1, 0.15) is 19.3 Å². The molecule has 1 aromatic carbocycles. The minimum atomic E-state index is -3.98. The van der Waals surface area contributed by atoms with Gasteiger partial charge in [-0.3, -0.25) is 0 Å². The molecule has 2 fully saturated rings. The van der Waals surface area contributed by atoms with Gasteiger partial charge in [-0.25, -0.2) is 17.2 Å². The van der Waals surface area contributed by atoms with E-state index >= 15 is 0 Å². The molecule has 1 N–H and O–H groups in total. The highest BCUT2D eigenvalue weighted by Crippen LogP contribution is 2.26. The first-order valence-electron chi connectivity index (χ1n) is 6.68. The zero-order valence-corrected chi connectivity index (χ0v) is 11.7. The third-order valence-electron chi connectivity index (χ3n) is 4.00. The van der Waals surface area contributed by atoms with Crippen LogP contribution in [0.3, 0.4) is 0 Å². The van der Waals surface area contributed by atoms with Crippen LogP contribution < -0.4 is 5.32 Å². The Bertz CT molecular complexity index is 621. The van der Waals surface area contributed by atoms with Crippen LogP contribution in [0.15, 0.2) is 23.1 Å². The van der Waals surface area contributed by atoms with E-state index in [9.17, 15) is 17.2 Å². The van der Waals surface area contributed by atoms with Crippen LogP contribution in [-0.2, 0) is 10.0 Å². The summed E-state index contributed by atoms with van der Waals surface area (Å²) in [5.41, 5.74) is 0. The second-order valence-corrected chi connectivity index (χ2v) is 7.27. The molecule has 2 saturated heterocycles. The Morgan fingerprint density at radius 1 is 1.15 bits per heavy atom. The lowest BCUT2D eigenvalue weighted by molar-refractivity contribution is 0.380. The van der Waals surface area contributed by atoms with Gasteiger partial charge in [0.05, 0.1) is 0 Å². The maximum atomic E-state index is 13.7. The van der Waals surface area contributed by atoms with E-state index in [2.05, 4.69) is 5.32 Å². The van der Waals surface area contributed by atoms with Gasteiger partial charge in [-0.15, -0.1) is 0 Å². The van der Waals surface area contributed by atoms with Gasteiger partial charge in [-0.2, -0.15) is 4.31 Å². The van der Waals surface area contributed by atoms with Gasteiger partial charge in [-0.05, 0) is 37.5 Å². The predicted molar refractivity (Wildman–Crippen MR) is 69.7 cm³/mol. The maximum Gasteiger partial charge on any atom is 0.246 e. The van der Waals surface area contributed by atoms with Crippen molar-refractivity contribution < 1.29 is 17.2 Å². The Kier molecular flexibility index (Phi) is 3.51. The van der Waals surface area contributed by atoms with Crippen LogP contribution >= 0.6 is 0 Å². The maximum absolute atomic E-state index is 13.7. The number of benzene rings is 1. The second kappa shape index (κ2) is 5.05. The molecule has 2 unspecified atom stereocenters. The first kappa shape index (κ1) is 13.9. The Labute approximate surface area is 116 Å². The number of nitrogens with zero attached hydrogens (tertiary/aromatic N) is 1. The Hall–Kier alpha value is -1.05. The van der Waals surface area contributed by atoms with Crippen LogP contribution in [0.4, 0.5) is 8.78 Å². The minimum absolute atomic E-state index is 0.105. The van der Waals surface area contributed by atoms with Gasteiger partial charge in [0, 0.05) is 25.2 Å². The van der Waals surface area contributed by atoms with E-state index < -0.39 is 26.6 Å². The molecule has 0 saturated carbocycles. The molecular formula is C13H16F2N2O2S. The lowest BCUT2D eigenvalue weighted by Crippen LogP contribution is -2.39. The van der Waals surface area contributed by atoms with Crippen LogP contribution in [0, 0.1) is 11.6 Å². The highest BCUT2D eigenvalue weighted by Gasteiger charge is 2.36. The van der Waals surface area contributed by atoms with Crippen molar-refractivity contribution in [1.29, 1.82) is 0 Å². The van der Waals surface area contributed by atoms with Gasteiger partial charge in [0.15, 0.2) is 0 Å². The fourth-order valence-corrected chi connectivity index (χ4v) is 4.52. The van der Waals surface area contributed by atoms with E-state index in [1.807, 2.05) is 0 Å². The minimum Gasteiger partial charge on any atom is -0.310 e. The lowest BCUT2D eigenvalue weighted by Gasteiger charge is -2.23. The molecule has 0 radical (unpaired) electrons. The fourth-order valence-electron chi connectivity index (χ4n) is 2.94. The number of rotatable bonds is 2. The molecule has 4 nitrogen and oxygen atoms in total. The summed E-state index contributed by atoms with van der Waals surface area (Å²) in [5, 5.41) is 3.36. The first-order chi connectivity index (χ1) is 9.46. The fraction of sp³-hybridized carbons (Fsp3) is 0.538. The van der Waals surface area contributed by atoms with Crippen LogP contribution in [-0.4, -0.2) is 37.9 Å². The Morgan fingerprint density at radius 3 is 2.70 bits per heavy atom. The van der Waals surface area contributed by atoms with Crippen molar-refractivity contribution in [1.82, 2.24) is 9.62 Å². The molecule has 2 bridgehead atoms. The number of hydrogen-bond donors (Lipinski definition) is 1. The largest absolute Gasteiger partial charge is 0.310 e. The summed E-state index contributed by atoms with van der Waals surface area (Å²) in [5.74, 6) is -1.66. The van der Waals surface area contributed by atoms with Gasteiger partial charge in [0.25, 0.3) is 0 Å². The first-order valence-corrected chi connectivity index (χ1v) is 8.12. The van der Waals surface area contributed by atoms with Gasteiger partial charge in [0.1, 0.15) is 16.5 Å². The van der Waals surface area contributed by atoms with E-state index in [1.165, 1.54) is 4.31 Å². The molecule has 0 aliphatic carbocycles. The van der Waals surface area contributed by atoms with E-state index in [0.717, 1.165) is 31.0 Å². The number of halogens is 2. The van der Waals surface area contributed by atoms with Crippen molar-refractivity contribution in [2.45, 2.75) is 36.2 Å². The van der Waals surface area contributed by atoms with Crippen molar-refractivity contribution in [3.63, 3.8) is 0 Å². The Morgan fingerprint density at radius 2 is 1.90 bits per heavy atom. The summed E-state index contributed by atoms with van der Waals surface area (Å²) in [6.07, 6.45) is 2.67. The number of fused-ring (bicyclic) bond motifs is 2. The van der Waals surface area contributed by atoms with E-state index in [0.29, 0.717) is 25.6 Å². The van der Waals surface area contributed by atoms with Crippen molar-refractivity contribution >= 4 is 10.0 Å². The molecule has 1 aromatic rings. The summed E-state index contributed by atoms with van der Waals surface area (Å²) in [4.78, 5) is -0.574. The average Bonchev–Trinajstić information content (AvgIpc) is 2.71. The number of hydrogen-bond acceptors (Lipinski definition) is 3. The molecule has 2 atom stereocenters. The highest BCUT2D eigenvalue weighted by atomic mass is 32.2. The van der Waals surface area contributed by atoms with Crippen molar-refractivity contribution in [3.05, 3.63) is 29.8 Å². The van der Waals surface area contributed by atoms with E-state index in [-0.39, 0.29) is 6.04 Å². The van der Waals surface area contributed by atoms with Gasteiger partial charge < -0.3 is 5.32 Å². The quantitative estimate of drug-likeness (QED) is 0.900.